The van der Waals surface area contributed by atoms with Gasteiger partial charge in [-0.15, -0.1) is 22.7 Å². The van der Waals surface area contributed by atoms with Gasteiger partial charge in [0.1, 0.15) is 0 Å². The number of nitrogens with zero attached hydrogens (tertiary/aromatic N) is 4. The lowest BCUT2D eigenvalue weighted by Crippen LogP contribution is -2.32. The number of benzene rings is 12. The van der Waals surface area contributed by atoms with Crippen molar-refractivity contribution in [2.45, 2.75) is 38.1 Å². The molecule has 0 amide bonds. The van der Waals surface area contributed by atoms with Gasteiger partial charge in [0.05, 0.1) is 0 Å². The summed E-state index contributed by atoms with van der Waals surface area (Å²) in [5.41, 5.74) is 22.0. The zero-order chi connectivity index (χ0) is 61.4. The van der Waals surface area contributed by atoms with E-state index in [1.807, 2.05) is 22.7 Å². The van der Waals surface area contributed by atoms with E-state index in [2.05, 4.69) is 365 Å². The summed E-state index contributed by atoms with van der Waals surface area (Å²) >= 11 is 3.68. The fourth-order valence-corrected chi connectivity index (χ4v) is 15.1. The highest BCUT2D eigenvalue weighted by atomic mass is 32.1. The molecule has 0 radical (unpaired) electrons. The largest absolute Gasteiger partial charge is 0.338 e. The van der Waals surface area contributed by atoms with Crippen LogP contribution in [0.15, 0.2) is 346 Å². The fraction of sp³-hybridized carbons (Fsp3) is 0.0698. The molecule has 444 valence electrons. The van der Waals surface area contributed by atoms with Crippen molar-refractivity contribution in [3.8, 4) is 64.0 Å². The summed E-state index contributed by atoms with van der Waals surface area (Å²) in [6.45, 7) is 0. The van der Waals surface area contributed by atoms with Gasteiger partial charge in [-0.25, -0.2) is 0 Å². The normalized spacial score (nSPS) is 12.3. The number of anilines is 11. The number of hydrogen-bond donors (Lipinski definition) is 0. The Hall–Kier alpha value is -10.8. The van der Waals surface area contributed by atoms with Crippen molar-refractivity contribution in [1.82, 2.24) is 0 Å². The summed E-state index contributed by atoms with van der Waals surface area (Å²) in [4.78, 5) is 14.7. The molecule has 92 heavy (non-hydrogen) atoms. The Morgan fingerprint density at radius 2 is 0.391 bits per heavy atom. The molecule has 15 rings (SSSR count). The number of thiophene rings is 2. The summed E-state index contributed by atoms with van der Waals surface area (Å²) in [6, 6.07) is 126. The van der Waals surface area contributed by atoms with E-state index in [0.29, 0.717) is 6.04 Å². The van der Waals surface area contributed by atoms with E-state index in [9.17, 15) is 0 Å². The molecule has 0 saturated heterocycles. The zero-order valence-electron chi connectivity index (χ0n) is 51.1. The van der Waals surface area contributed by atoms with Gasteiger partial charge in [-0.3, -0.25) is 0 Å². The standard InChI is InChI=1S/C86H68N4S2/c1-7-19-67(20-8-1)83-59-61-85(91-83)69-39-47-77(48-40-69)89(73-27-15-5-16-28-73)81-55-51-79(52-56-81)87(71-23-11-3-12-24-71)75-43-35-65(36-44-75)63-31-33-64(34-32-63)66-37-45-76(46-38-66)88(72-25-13-4-14-26-72)80-53-57-82(58-54-80)90(74-29-17-6-18-30-74)78-49-41-70(42-50-78)86-62-60-84(92-86)68-21-9-2-10-22-68/h1-5,7-16,19-28,31-62,74H,6,17-18,29-30H2. The molecule has 4 nitrogen and oxygen atoms in total. The van der Waals surface area contributed by atoms with E-state index in [1.54, 1.807) is 0 Å². The predicted octanol–water partition coefficient (Wildman–Crippen LogP) is 25.7. The molecule has 0 N–H and O–H groups in total. The van der Waals surface area contributed by atoms with Crippen molar-refractivity contribution in [2.24, 2.45) is 0 Å². The second kappa shape index (κ2) is 26.7. The lowest BCUT2D eigenvalue weighted by molar-refractivity contribution is 0.436. The van der Waals surface area contributed by atoms with Crippen LogP contribution in [0.25, 0.3) is 64.0 Å². The van der Waals surface area contributed by atoms with Crippen molar-refractivity contribution in [1.29, 1.82) is 0 Å². The molecule has 6 heteroatoms. The second-order valence-electron chi connectivity index (χ2n) is 23.5. The summed E-state index contributed by atoms with van der Waals surface area (Å²) < 4.78 is 0. The van der Waals surface area contributed by atoms with Crippen LogP contribution in [-0.4, -0.2) is 6.04 Å². The minimum Gasteiger partial charge on any atom is -0.338 e. The van der Waals surface area contributed by atoms with E-state index < -0.39 is 0 Å². The van der Waals surface area contributed by atoms with E-state index in [1.165, 1.54) is 102 Å². The first kappa shape index (κ1) is 57.7. The molecule has 0 unspecified atom stereocenters. The highest BCUT2D eigenvalue weighted by Gasteiger charge is 2.25. The first-order valence-corrected chi connectivity index (χ1v) is 33.6. The first-order chi connectivity index (χ1) is 45.6. The molecular weight excluding hydrogens is 1150 g/mol. The molecule has 1 saturated carbocycles. The Labute approximate surface area is 549 Å². The predicted molar refractivity (Wildman–Crippen MR) is 394 cm³/mol. The van der Waals surface area contributed by atoms with Gasteiger partial charge >= 0.3 is 0 Å². The lowest BCUT2D eigenvalue weighted by Gasteiger charge is -2.36. The summed E-state index contributed by atoms with van der Waals surface area (Å²) in [6.07, 6.45) is 6.23. The molecule has 0 aliphatic heterocycles. The summed E-state index contributed by atoms with van der Waals surface area (Å²) in [5.74, 6) is 0. The monoisotopic (exact) mass is 1220 g/mol. The van der Waals surface area contributed by atoms with Gasteiger partial charge in [-0.2, -0.15) is 0 Å². The number of para-hydroxylation sites is 3. The van der Waals surface area contributed by atoms with Gasteiger partial charge < -0.3 is 19.6 Å². The van der Waals surface area contributed by atoms with Crippen LogP contribution in [0.4, 0.5) is 62.6 Å². The smallest absolute Gasteiger partial charge is 0.0463 e. The molecule has 1 aliphatic carbocycles. The number of rotatable bonds is 18. The molecular formula is C86H68N4S2. The van der Waals surface area contributed by atoms with E-state index in [-0.39, 0.29) is 0 Å². The highest BCUT2D eigenvalue weighted by molar-refractivity contribution is 7.19. The molecule has 0 bridgehead atoms. The quantitative estimate of drug-likeness (QED) is 0.0849. The Morgan fingerprint density at radius 3 is 0.685 bits per heavy atom. The van der Waals surface area contributed by atoms with Gasteiger partial charge in [0.25, 0.3) is 0 Å². The average molecular weight is 1220 g/mol. The van der Waals surface area contributed by atoms with Crippen LogP contribution < -0.4 is 19.6 Å². The summed E-state index contributed by atoms with van der Waals surface area (Å²) in [7, 11) is 0. The fourth-order valence-electron chi connectivity index (χ4n) is 13.0. The minimum absolute atomic E-state index is 0.452. The third-order valence-electron chi connectivity index (χ3n) is 17.7. The van der Waals surface area contributed by atoms with Crippen LogP contribution in [-0.2, 0) is 0 Å². The molecule has 14 aromatic rings. The molecule has 2 heterocycles. The Kier molecular flexibility index (Phi) is 16.8. The maximum absolute atomic E-state index is 2.60. The van der Waals surface area contributed by atoms with Crippen LogP contribution >= 0.6 is 22.7 Å². The van der Waals surface area contributed by atoms with Gasteiger partial charge in [-0.05, 0) is 215 Å². The van der Waals surface area contributed by atoms with Crippen LogP contribution in [0.3, 0.4) is 0 Å². The van der Waals surface area contributed by atoms with Crippen LogP contribution in [0.2, 0.25) is 0 Å². The Morgan fingerprint density at radius 1 is 0.185 bits per heavy atom. The number of hydrogen-bond acceptors (Lipinski definition) is 6. The highest BCUT2D eigenvalue weighted by Crippen LogP contribution is 2.44. The van der Waals surface area contributed by atoms with E-state index in [0.717, 1.165) is 56.7 Å². The van der Waals surface area contributed by atoms with Gasteiger partial charge in [0, 0.05) is 88.1 Å². The van der Waals surface area contributed by atoms with Crippen LogP contribution in [0.5, 0.6) is 0 Å². The van der Waals surface area contributed by atoms with Crippen molar-refractivity contribution in [3.63, 3.8) is 0 Å². The third-order valence-corrected chi connectivity index (χ3v) is 20.1. The molecule has 0 spiro atoms. The third kappa shape index (κ3) is 12.5. The second-order valence-corrected chi connectivity index (χ2v) is 25.7. The van der Waals surface area contributed by atoms with E-state index >= 15 is 0 Å². The minimum atomic E-state index is 0.452. The molecule has 1 fully saturated rings. The van der Waals surface area contributed by atoms with Gasteiger partial charge in [0.2, 0.25) is 0 Å². The van der Waals surface area contributed by atoms with Crippen molar-refractivity contribution in [2.75, 3.05) is 19.6 Å². The average Bonchev–Trinajstić information content (AvgIpc) is 1.42. The maximum atomic E-state index is 2.60. The Bertz CT molecular complexity index is 4650. The van der Waals surface area contributed by atoms with Crippen molar-refractivity contribution >= 4 is 85.2 Å². The van der Waals surface area contributed by atoms with Crippen LogP contribution in [0.1, 0.15) is 32.1 Å². The maximum Gasteiger partial charge on any atom is 0.0463 e. The summed E-state index contributed by atoms with van der Waals surface area (Å²) in [5, 5.41) is 0. The van der Waals surface area contributed by atoms with Gasteiger partial charge in [0.15, 0.2) is 0 Å². The lowest BCUT2D eigenvalue weighted by atomic mass is 9.93. The molecule has 0 atom stereocenters. The van der Waals surface area contributed by atoms with Crippen LogP contribution in [0, 0.1) is 0 Å². The Balaban J connectivity index is 0.650. The molecule has 12 aromatic carbocycles. The zero-order valence-corrected chi connectivity index (χ0v) is 52.8. The molecule has 2 aromatic heterocycles. The topological polar surface area (TPSA) is 13.0 Å². The van der Waals surface area contributed by atoms with Gasteiger partial charge in [-0.1, -0.05) is 207 Å². The van der Waals surface area contributed by atoms with E-state index in [4.69, 9.17) is 0 Å². The SMILES string of the molecule is c1ccc(-c2ccc(-c3ccc(N(c4ccccc4)c4ccc(N(c5ccccc5)c5ccc(-c6ccc(-c7ccc(N(c8ccccc8)c8ccc(N(c9ccc(-c%10ccc(-c%11ccccc%11)s%10)cc9)C9CCCCC9)cc8)cc7)cc6)cc5)cc4)cc3)s2)cc1. The van der Waals surface area contributed by atoms with Crippen molar-refractivity contribution < 1.29 is 0 Å². The first-order valence-electron chi connectivity index (χ1n) is 32.0. The van der Waals surface area contributed by atoms with Crippen molar-refractivity contribution in [3.05, 3.63) is 346 Å². The molecule has 1 aliphatic rings.